The minimum atomic E-state index is 0.0251. The van der Waals surface area contributed by atoms with Crippen molar-refractivity contribution in [1.29, 1.82) is 0 Å². The number of carbonyl (C=O) groups excluding carboxylic acids is 2. The highest BCUT2D eigenvalue weighted by atomic mass is 16.5. The number of hydrogen-bond acceptors (Lipinski definition) is 5. The number of nitrogens with zero attached hydrogens (tertiary/aromatic N) is 3. The Labute approximate surface area is 149 Å². The highest BCUT2D eigenvalue weighted by molar-refractivity contribution is 5.80. The van der Waals surface area contributed by atoms with Crippen molar-refractivity contribution < 1.29 is 19.4 Å². The topological polar surface area (TPSA) is 73.3 Å². The molecule has 0 aliphatic carbocycles. The Balaban J connectivity index is 1.52. The highest BCUT2D eigenvalue weighted by Crippen LogP contribution is 2.28. The third-order valence-electron chi connectivity index (χ3n) is 6.01. The summed E-state index contributed by atoms with van der Waals surface area (Å²) in [4.78, 5) is 30.5. The third-order valence-corrected chi connectivity index (χ3v) is 6.01. The third kappa shape index (κ3) is 4.51. The first-order valence-corrected chi connectivity index (χ1v) is 9.53. The summed E-state index contributed by atoms with van der Waals surface area (Å²) in [6.45, 7) is 8.85. The largest absolute Gasteiger partial charge is 0.396 e. The smallest absolute Gasteiger partial charge is 0.225 e. The van der Waals surface area contributed by atoms with Crippen LogP contribution in [0.3, 0.4) is 0 Å². The van der Waals surface area contributed by atoms with Crippen molar-refractivity contribution in [3.63, 3.8) is 0 Å². The molecule has 0 saturated carbocycles. The maximum atomic E-state index is 12.9. The molecule has 0 aromatic carbocycles. The monoisotopic (exact) mass is 353 g/mol. The van der Waals surface area contributed by atoms with E-state index in [9.17, 15) is 14.7 Å². The molecule has 1 N–H and O–H groups in total. The van der Waals surface area contributed by atoms with E-state index in [0.717, 1.165) is 52.2 Å². The minimum absolute atomic E-state index is 0.0251. The number of amides is 2. The van der Waals surface area contributed by atoms with Gasteiger partial charge in [-0.25, -0.2) is 0 Å². The summed E-state index contributed by atoms with van der Waals surface area (Å²) in [5, 5.41) is 9.75. The fraction of sp³-hybridized carbons (Fsp3) is 0.889. The number of aliphatic hydroxyl groups excluding tert-OH is 1. The average molecular weight is 353 g/mol. The van der Waals surface area contributed by atoms with Gasteiger partial charge in [-0.15, -0.1) is 0 Å². The number of morpholine rings is 1. The van der Waals surface area contributed by atoms with Crippen molar-refractivity contribution in [2.75, 3.05) is 65.6 Å². The molecule has 3 saturated heterocycles. The molecule has 2 atom stereocenters. The Morgan fingerprint density at radius 1 is 1.00 bits per heavy atom. The SMILES string of the molecule is CC(=O)N1CCC(C(=O)N2C[C@@H](CN3CCOCC3)[C@@H](CO)C2)CC1. The van der Waals surface area contributed by atoms with Gasteiger partial charge in [-0.05, 0) is 18.8 Å². The summed E-state index contributed by atoms with van der Waals surface area (Å²) in [5.74, 6) is 0.842. The van der Waals surface area contributed by atoms with Crippen LogP contribution in [0.5, 0.6) is 0 Å². The predicted molar refractivity (Wildman–Crippen MR) is 92.9 cm³/mol. The molecule has 0 unspecified atom stereocenters. The van der Waals surface area contributed by atoms with E-state index in [1.807, 2.05) is 9.80 Å². The zero-order valence-corrected chi connectivity index (χ0v) is 15.2. The molecule has 3 fully saturated rings. The number of likely N-dealkylation sites (tertiary alicyclic amines) is 2. The summed E-state index contributed by atoms with van der Waals surface area (Å²) in [5.41, 5.74) is 0. The van der Waals surface area contributed by atoms with E-state index in [1.54, 1.807) is 6.92 Å². The molecule has 2 amide bonds. The van der Waals surface area contributed by atoms with Crippen molar-refractivity contribution in [2.45, 2.75) is 19.8 Å². The van der Waals surface area contributed by atoms with Crippen molar-refractivity contribution >= 4 is 11.8 Å². The molecule has 7 nitrogen and oxygen atoms in total. The lowest BCUT2D eigenvalue weighted by Crippen LogP contribution is -2.44. The Morgan fingerprint density at radius 3 is 2.24 bits per heavy atom. The van der Waals surface area contributed by atoms with E-state index in [2.05, 4.69) is 4.90 Å². The van der Waals surface area contributed by atoms with Crippen LogP contribution in [0.25, 0.3) is 0 Å². The maximum Gasteiger partial charge on any atom is 0.225 e. The summed E-state index contributed by atoms with van der Waals surface area (Å²) in [7, 11) is 0. The first-order valence-electron chi connectivity index (χ1n) is 9.53. The second-order valence-corrected chi connectivity index (χ2v) is 7.64. The molecular weight excluding hydrogens is 322 g/mol. The Morgan fingerprint density at radius 2 is 1.64 bits per heavy atom. The molecule has 3 aliphatic heterocycles. The van der Waals surface area contributed by atoms with E-state index in [0.29, 0.717) is 25.6 Å². The highest BCUT2D eigenvalue weighted by Gasteiger charge is 2.38. The van der Waals surface area contributed by atoms with Crippen LogP contribution in [0.4, 0.5) is 0 Å². The van der Waals surface area contributed by atoms with Gasteiger partial charge in [-0.3, -0.25) is 14.5 Å². The molecule has 25 heavy (non-hydrogen) atoms. The average Bonchev–Trinajstić information content (AvgIpc) is 3.05. The molecule has 0 aromatic rings. The van der Waals surface area contributed by atoms with Crippen molar-refractivity contribution in [3.05, 3.63) is 0 Å². The number of ether oxygens (including phenoxy) is 1. The van der Waals surface area contributed by atoms with Gasteiger partial charge in [0, 0.05) is 71.2 Å². The van der Waals surface area contributed by atoms with Gasteiger partial charge < -0.3 is 19.6 Å². The van der Waals surface area contributed by atoms with Crippen LogP contribution < -0.4 is 0 Å². The van der Waals surface area contributed by atoms with Crippen LogP contribution in [0.2, 0.25) is 0 Å². The number of aliphatic hydroxyl groups is 1. The van der Waals surface area contributed by atoms with Gasteiger partial charge in [0.2, 0.25) is 11.8 Å². The van der Waals surface area contributed by atoms with Gasteiger partial charge in [-0.2, -0.15) is 0 Å². The molecule has 3 aliphatic rings. The van der Waals surface area contributed by atoms with Crippen LogP contribution in [-0.2, 0) is 14.3 Å². The zero-order valence-electron chi connectivity index (χ0n) is 15.2. The maximum absolute atomic E-state index is 12.9. The van der Waals surface area contributed by atoms with E-state index in [1.165, 1.54) is 0 Å². The fourth-order valence-electron chi connectivity index (χ4n) is 4.35. The molecule has 3 heterocycles. The minimum Gasteiger partial charge on any atom is -0.396 e. The van der Waals surface area contributed by atoms with Gasteiger partial charge >= 0.3 is 0 Å². The molecule has 142 valence electrons. The lowest BCUT2D eigenvalue weighted by Gasteiger charge is -2.33. The molecule has 0 bridgehead atoms. The number of rotatable bonds is 4. The fourth-order valence-corrected chi connectivity index (χ4v) is 4.35. The number of carbonyl (C=O) groups is 2. The van der Waals surface area contributed by atoms with Crippen LogP contribution in [0.1, 0.15) is 19.8 Å². The Hall–Kier alpha value is -1.18. The summed E-state index contributed by atoms with van der Waals surface area (Å²) in [6, 6.07) is 0. The van der Waals surface area contributed by atoms with E-state index < -0.39 is 0 Å². The quantitative estimate of drug-likeness (QED) is 0.748. The molecule has 0 spiro atoms. The van der Waals surface area contributed by atoms with Gasteiger partial charge in [0.05, 0.1) is 13.2 Å². The summed E-state index contributed by atoms with van der Waals surface area (Å²) in [6.07, 6.45) is 1.51. The van der Waals surface area contributed by atoms with Gasteiger partial charge in [-0.1, -0.05) is 0 Å². The van der Waals surface area contributed by atoms with E-state index in [4.69, 9.17) is 4.74 Å². The van der Waals surface area contributed by atoms with Crippen LogP contribution in [-0.4, -0.2) is 97.3 Å². The summed E-state index contributed by atoms with van der Waals surface area (Å²) < 4.78 is 5.40. The second-order valence-electron chi connectivity index (χ2n) is 7.64. The van der Waals surface area contributed by atoms with Crippen molar-refractivity contribution in [2.24, 2.45) is 17.8 Å². The zero-order chi connectivity index (χ0) is 17.8. The summed E-state index contributed by atoms with van der Waals surface area (Å²) >= 11 is 0. The predicted octanol–water partition coefficient (Wildman–Crippen LogP) is -0.356. The van der Waals surface area contributed by atoms with Crippen LogP contribution in [0.15, 0.2) is 0 Å². The molecule has 0 radical (unpaired) electrons. The molecule has 7 heteroatoms. The van der Waals surface area contributed by atoms with Gasteiger partial charge in [0.1, 0.15) is 0 Å². The number of hydrogen-bond donors (Lipinski definition) is 1. The molecular formula is C18H31N3O4. The lowest BCUT2D eigenvalue weighted by molar-refractivity contribution is -0.139. The molecule has 3 rings (SSSR count). The lowest BCUT2D eigenvalue weighted by atomic mass is 9.95. The first-order chi connectivity index (χ1) is 12.1. The Bertz CT molecular complexity index is 473. The van der Waals surface area contributed by atoms with Crippen molar-refractivity contribution in [1.82, 2.24) is 14.7 Å². The van der Waals surface area contributed by atoms with E-state index >= 15 is 0 Å². The second kappa shape index (κ2) is 8.47. The first kappa shape index (κ1) is 18.6. The van der Waals surface area contributed by atoms with Crippen molar-refractivity contribution in [3.8, 4) is 0 Å². The van der Waals surface area contributed by atoms with Gasteiger partial charge in [0.25, 0.3) is 0 Å². The van der Waals surface area contributed by atoms with Crippen LogP contribution in [0, 0.1) is 17.8 Å². The Kier molecular flexibility index (Phi) is 6.30. The standard InChI is InChI=1S/C18H31N3O4/c1-14(23)20-4-2-15(3-5-20)18(24)21-11-16(17(12-21)13-22)10-19-6-8-25-9-7-19/h15-17,22H,2-13H2,1H3/t16-,17-/m1/s1. The van der Waals surface area contributed by atoms with Crippen LogP contribution >= 0.6 is 0 Å². The van der Waals surface area contributed by atoms with Gasteiger partial charge in [0.15, 0.2) is 0 Å². The normalized spacial score (nSPS) is 29.2. The molecule has 0 aromatic heterocycles. The van der Waals surface area contributed by atoms with E-state index in [-0.39, 0.29) is 30.3 Å². The number of piperidine rings is 1.